The minimum Gasteiger partial charge on any atom is -0.481 e. The van der Waals surface area contributed by atoms with Crippen LogP contribution in [0.3, 0.4) is 0 Å². The van der Waals surface area contributed by atoms with Crippen LogP contribution < -0.4 is 0 Å². The van der Waals surface area contributed by atoms with Crippen LogP contribution >= 0.6 is 23.1 Å². The zero-order valence-corrected chi connectivity index (χ0v) is 11.3. The molecule has 0 amide bonds. The van der Waals surface area contributed by atoms with Gasteiger partial charge in [0.1, 0.15) is 0 Å². The molecule has 96 valence electrons. The molecule has 0 spiro atoms. The number of rotatable bonds is 6. The third-order valence-corrected chi connectivity index (χ3v) is 4.05. The molecule has 0 radical (unpaired) electrons. The van der Waals surface area contributed by atoms with E-state index in [2.05, 4.69) is 15.2 Å². The van der Waals surface area contributed by atoms with E-state index in [0.717, 1.165) is 10.8 Å². The number of hydrogen-bond donors (Lipinski definition) is 1. The normalized spacial score (nSPS) is 10.7. The molecule has 0 saturated heterocycles. The zero-order valence-electron chi connectivity index (χ0n) is 9.62. The molecule has 0 atom stereocenters. The van der Waals surface area contributed by atoms with Crippen LogP contribution in [0.2, 0.25) is 0 Å². The molecule has 18 heavy (non-hydrogen) atoms. The lowest BCUT2D eigenvalue weighted by Crippen LogP contribution is -1.99. The van der Waals surface area contributed by atoms with Crippen molar-refractivity contribution in [2.24, 2.45) is 0 Å². The van der Waals surface area contributed by atoms with Gasteiger partial charge in [0.05, 0.1) is 17.9 Å². The van der Waals surface area contributed by atoms with Gasteiger partial charge in [-0.2, -0.15) is 0 Å². The summed E-state index contributed by atoms with van der Waals surface area (Å²) in [6.07, 6.45) is 0.676. The van der Waals surface area contributed by atoms with Gasteiger partial charge in [0.2, 0.25) is 11.8 Å². The van der Waals surface area contributed by atoms with E-state index in [1.54, 1.807) is 5.38 Å². The maximum atomic E-state index is 10.5. The summed E-state index contributed by atoms with van der Waals surface area (Å²) in [7, 11) is 0. The quantitative estimate of drug-likeness (QED) is 0.812. The van der Waals surface area contributed by atoms with E-state index in [0.29, 0.717) is 23.2 Å². The number of carboxylic acid groups (broad SMARTS) is 1. The van der Waals surface area contributed by atoms with Crippen molar-refractivity contribution in [1.82, 2.24) is 15.2 Å². The average Bonchev–Trinajstić information content (AvgIpc) is 2.94. The number of aryl methyl sites for hydroxylation is 1. The summed E-state index contributed by atoms with van der Waals surface area (Å²) in [5.74, 6) is 0.858. The van der Waals surface area contributed by atoms with Crippen molar-refractivity contribution in [2.75, 3.05) is 0 Å². The maximum Gasteiger partial charge on any atom is 0.309 e. The predicted octanol–water partition coefficient (Wildman–Crippen LogP) is 2.01. The smallest absolute Gasteiger partial charge is 0.309 e. The molecule has 0 fully saturated rings. The Bertz CT molecular complexity index is 538. The summed E-state index contributed by atoms with van der Waals surface area (Å²) in [4.78, 5) is 14.7. The Morgan fingerprint density at radius 1 is 1.50 bits per heavy atom. The number of carbonyl (C=O) groups is 1. The highest BCUT2D eigenvalue weighted by atomic mass is 32.2. The van der Waals surface area contributed by atoms with Crippen LogP contribution in [0.1, 0.15) is 24.4 Å². The van der Waals surface area contributed by atoms with Crippen LogP contribution in [-0.2, 0) is 23.4 Å². The molecule has 0 saturated carbocycles. The number of aromatic nitrogens is 3. The Balaban J connectivity index is 1.89. The summed E-state index contributed by atoms with van der Waals surface area (Å²) < 4.78 is 6.17. The zero-order chi connectivity index (χ0) is 13.0. The third-order valence-electron chi connectivity index (χ3n) is 1.99. The molecule has 2 rings (SSSR count). The number of hydrogen-bond acceptors (Lipinski definition) is 7. The Kier molecular flexibility index (Phi) is 4.32. The molecule has 0 aromatic carbocycles. The Hall–Kier alpha value is -1.41. The van der Waals surface area contributed by atoms with Gasteiger partial charge in [0, 0.05) is 11.8 Å². The van der Waals surface area contributed by atoms with Gasteiger partial charge in [-0.3, -0.25) is 4.79 Å². The lowest BCUT2D eigenvalue weighted by molar-refractivity contribution is -0.136. The highest BCUT2D eigenvalue weighted by Gasteiger charge is 2.09. The van der Waals surface area contributed by atoms with Crippen molar-refractivity contribution in [1.29, 1.82) is 0 Å². The molecule has 8 heteroatoms. The van der Waals surface area contributed by atoms with Gasteiger partial charge >= 0.3 is 5.97 Å². The van der Waals surface area contributed by atoms with Crippen molar-refractivity contribution in [2.45, 2.75) is 29.9 Å². The van der Waals surface area contributed by atoms with Crippen molar-refractivity contribution in [3.05, 3.63) is 22.9 Å². The van der Waals surface area contributed by atoms with E-state index in [1.165, 1.54) is 23.1 Å². The Labute approximate surface area is 111 Å². The standard InChI is InChI=1S/C10H11N3O3S2/c1-2-7-12-13-8(16-7)5-18-10-11-6(4-17-10)3-9(14)15/h4H,2-3,5H2,1H3,(H,14,15). The first kappa shape index (κ1) is 13.0. The van der Waals surface area contributed by atoms with Crippen LogP contribution in [-0.4, -0.2) is 26.3 Å². The van der Waals surface area contributed by atoms with Crippen LogP contribution in [0.4, 0.5) is 0 Å². The first-order valence-electron chi connectivity index (χ1n) is 5.27. The van der Waals surface area contributed by atoms with Crippen molar-refractivity contribution in [3.8, 4) is 0 Å². The second-order valence-corrected chi connectivity index (χ2v) is 5.49. The number of thioether (sulfide) groups is 1. The van der Waals surface area contributed by atoms with Crippen molar-refractivity contribution >= 4 is 29.1 Å². The lowest BCUT2D eigenvalue weighted by Gasteiger charge is -1.92. The Morgan fingerprint density at radius 3 is 2.94 bits per heavy atom. The first-order chi connectivity index (χ1) is 8.67. The first-order valence-corrected chi connectivity index (χ1v) is 7.14. The summed E-state index contributed by atoms with van der Waals surface area (Å²) in [6.45, 7) is 1.95. The van der Waals surface area contributed by atoms with Gasteiger partial charge < -0.3 is 9.52 Å². The van der Waals surface area contributed by atoms with Gasteiger partial charge in [-0.05, 0) is 0 Å². The second-order valence-electron chi connectivity index (χ2n) is 3.41. The Morgan fingerprint density at radius 2 is 2.28 bits per heavy atom. The van der Waals surface area contributed by atoms with E-state index in [-0.39, 0.29) is 6.42 Å². The van der Waals surface area contributed by atoms with E-state index in [1.807, 2.05) is 6.92 Å². The number of nitrogens with zero attached hydrogens (tertiary/aromatic N) is 3. The molecule has 2 aromatic rings. The SMILES string of the molecule is CCc1nnc(CSc2nc(CC(=O)O)cs2)o1. The minimum atomic E-state index is -0.874. The van der Waals surface area contributed by atoms with Crippen molar-refractivity contribution < 1.29 is 14.3 Å². The molecule has 0 aliphatic rings. The van der Waals surface area contributed by atoms with Gasteiger partial charge in [-0.15, -0.1) is 21.5 Å². The maximum absolute atomic E-state index is 10.5. The molecule has 2 heterocycles. The van der Waals surface area contributed by atoms with E-state index < -0.39 is 5.97 Å². The number of aliphatic carboxylic acids is 1. The molecule has 0 aliphatic carbocycles. The van der Waals surface area contributed by atoms with Gasteiger partial charge in [-0.1, -0.05) is 18.7 Å². The summed E-state index contributed by atoms with van der Waals surface area (Å²) in [5, 5.41) is 18.2. The highest BCUT2D eigenvalue weighted by Crippen LogP contribution is 2.26. The molecule has 6 nitrogen and oxygen atoms in total. The second kappa shape index (κ2) is 5.96. The van der Waals surface area contributed by atoms with Crippen molar-refractivity contribution in [3.63, 3.8) is 0 Å². The van der Waals surface area contributed by atoms with E-state index in [9.17, 15) is 4.79 Å². The van der Waals surface area contributed by atoms with Crippen LogP contribution in [0, 0.1) is 0 Å². The average molecular weight is 285 g/mol. The van der Waals surface area contributed by atoms with Crippen LogP contribution in [0.15, 0.2) is 14.1 Å². The summed E-state index contributed by atoms with van der Waals surface area (Å²) in [5.41, 5.74) is 0.578. The fourth-order valence-corrected chi connectivity index (χ4v) is 2.89. The van der Waals surface area contributed by atoms with Gasteiger partial charge in [0.15, 0.2) is 4.34 Å². The summed E-state index contributed by atoms with van der Waals surface area (Å²) in [6, 6.07) is 0. The number of thiazole rings is 1. The molecule has 0 aliphatic heterocycles. The summed E-state index contributed by atoms with van der Waals surface area (Å²) >= 11 is 2.89. The van der Waals surface area contributed by atoms with E-state index >= 15 is 0 Å². The molecule has 0 unspecified atom stereocenters. The largest absolute Gasteiger partial charge is 0.481 e. The molecule has 2 aromatic heterocycles. The predicted molar refractivity (Wildman–Crippen MR) is 66.7 cm³/mol. The number of carboxylic acids is 1. The highest BCUT2D eigenvalue weighted by molar-refractivity contribution is 8.00. The van der Waals surface area contributed by atoms with E-state index in [4.69, 9.17) is 9.52 Å². The third kappa shape index (κ3) is 3.54. The molecular weight excluding hydrogens is 274 g/mol. The van der Waals surface area contributed by atoms with Gasteiger partial charge in [0.25, 0.3) is 0 Å². The van der Waals surface area contributed by atoms with Crippen LogP contribution in [0.5, 0.6) is 0 Å². The topological polar surface area (TPSA) is 89.1 Å². The van der Waals surface area contributed by atoms with Gasteiger partial charge in [-0.25, -0.2) is 4.98 Å². The fraction of sp³-hybridized carbons (Fsp3) is 0.400. The minimum absolute atomic E-state index is 0.0440. The molecular formula is C10H11N3O3S2. The molecule has 1 N–H and O–H groups in total. The monoisotopic (exact) mass is 285 g/mol. The molecule has 0 bridgehead atoms. The lowest BCUT2D eigenvalue weighted by atomic mass is 10.3. The van der Waals surface area contributed by atoms with Crippen LogP contribution in [0.25, 0.3) is 0 Å². The fourth-order valence-electron chi connectivity index (χ4n) is 1.20.